The van der Waals surface area contributed by atoms with Gasteiger partial charge in [0.15, 0.2) is 0 Å². The summed E-state index contributed by atoms with van der Waals surface area (Å²) in [6.45, 7) is 4.05. The van der Waals surface area contributed by atoms with Crippen molar-refractivity contribution in [1.29, 1.82) is 0 Å². The smallest absolute Gasteiger partial charge is 0.123 e. The van der Waals surface area contributed by atoms with Gasteiger partial charge in [-0.25, -0.2) is 4.39 Å². The molecule has 0 aliphatic rings. The van der Waals surface area contributed by atoms with E-state index in [0.29, 0.717) is 0 Å². The van der Waals surface area contributed by atoms with E-state index in [0.717, 1.165) is 5.56 Å². The molecule has 0 N–H and O–H groups in total. The predicted molar refractivity (Wildman–Crippen MR) is 52.8 cm³/mol. The molecule has 0 aliphatic heterocycles. The fourth-order valence-electron chi connectivity index (χ4n) is 1.20. The Kier molecular flexibility index (Phi) is 3.08. The van der Waals surface area contributed by atoms with Gasteiger partial charge in [0, 0.05) is 5.92 Å². The normalized spacial score (nSPS) is 14.6. The summed E-state index contributed by atoms with van der Waals surface area (Å²) in [6, 6.07) is 6.51. The molecule has 0 aromatic heterocycles. The first kappa shape index (κ1) is 9.80. The quantitative estimate of drug-likeness (QED) is 0.607. The molecule has 0 spiro atoms. The van der Waals surface area contributed by atoms with Gasteiger partial charge in [0.2, 0.25) is 0 Å². The van der Waals surface area contributed by atoms with Crippen LogP contribution in [-0.2, 0) is 0 Å². The van der Waals surface area contributed by atoms with E-state index in [1.165, 1.54) is 12.1 Å². The van der Waals surface area contributed by atoms with Gasteiger partial charge in [0.05, 0.1) is 0 Å². The molecule has 0 radical (unpaired) electrons. The van der Waals surface area contributed by atoms with Crippen LogP contribution in [0.2, 0.25) is 0 Å². The summed E-state index contributed by atoms with van der Waals surface area (Å²) in [5.41, 5.74) is 1.09. The van der Waals surface area contributed by atoms with E-state index in [1.807, 2.05) is 6.92 Å². The lowest BCUT2D eigenvalue weighted by atomic mass is 9.90. The molecule has 68 valence electrons. The van der Waals surface area contributed by atoms with Crippen molar-refractivity contribution in [1.82, 2.24) is 0 Å². The highest BCUT2D eigenvalue weighted by Gasteiger charge is 2.11. The predicted octanol–water partition coefficient (Wildman–Crippen LogP) is 3.20. The summed E-state index contributed by atoms with van der Waals surface area (Å²) >= 11 is 0. The van der Waals surface area contributed by atoms with Crippen LogP contribution in [0.5, 0.6) is 0 Å². The standard InChI is InChI=1S/C12H13F/c1-4-9(2)10(3)11-5-7-12(13)8-6-11/h1,5-10H,2-3H3. The van der Waals surface area contributed by atoms with E-state index in [1.54, 1.807) is 12.1 Å². The zero-order valence-electron chi connectivity index (χ0n) is 7.92. The molecule has 2 atom stereocenters. The summed E-state index contributed by atoms with van der Waals surface area (Å²) in [4.78, 5) is 0. The zero-order valence-corrected chi connectivity index (χ0v) is 7.92. The molecular formula is C12H13F. The lowest BCUT2D eigenvalue weighted by Gasteiger charge is -2.14. The Morgan fingerprint density at radius 2 is 1.77 bits per heavy atom. The molecule has 0 nitrogen and oxygen atoms in total. The molecule has 1 aromatic rings. The van der Waals surface area contributed by atoms with E-state index in [2.05, 4.69) is 12.8 Å². The van der Waals surface area contributed by atoms with Crippen LogP contribution in [-0.4, -0.2) is 0 Å². The first-order valence-corrected chi connectivity index (χ1v) is 4.36. The monoisotopic (exact) mass is 176 g/mol. The van der Waals surface area contributed by atoms with Gasteiger partial charge in [-0.15, -0.1) is 12.3 Å². The number of hydrogen-bond acceptors (Lipinski definition) is 0. The second kappa shape index (κ2) is 4.09. The number of hydrogen-bond donors (Lipinski definition) is 0. The molecule has 0 saturated carbocycles. The lowest BCUT2D eigenvalue weighted by molar-refractivity contribution is 0.601. The Hall–Kier alpha value is -1.29. The minimum absolute atomic E-state index is 0.186. The molecule has 0 fully saturated rings. The summed E-state index contributed by atoms with van der Waals surface area (Å²) in [5.74, 6) is 2.95. The van der Waals surface area contributed by atoms with E-state index in [-0.39, 0.29) is 17.7 Å². The first-order chi connectivity index (χ1) is 6.15. The van der Waals surface area contributed by atoms with Crippen molar-refractivity contribution in [2.45, 2.75) is 19.8 Å². The molecule has 0 heterocycles. The SMILES string of the molecule is C#CC(C)C(C)c1ccc(F)cc1. The Labute approximate surface area is 78.8 Å². The molecule has 0 aliphatic carbocycles. The molecule has 1 aromatic carbocycles. The van der Waals surface area contributed by atoms with Crippen molar-refractivity contribution in [3.05, 3.63) is 35.6 Å². The van der Waals surface area contributed by atoms with Crippen molar-refractivity contribution in [2.75, 3.05) is 0 Å². The molecule has 0 saturated heterocycles. The topological polar surface area (TPSA) is 0 Å². The maximum absolute atomic E-state index is 12.6. The highest BCUT2D eigenvalue weighted by molar-refractivity contribution is 5.22. The number of benzene rings is 1. The van der Waals surface area contributed by atoms with E-state index >= 15 is 0 Å². The largest absolute Gasteiger partial charge is 0.207 e. The Morgan fingerprint density at radius 1 is 1.23 bits per heavy atom. The second-order valence-corrected chi connectivity index (χ2v) is 3.30. The van der Waals surface area contributed by atoms with Crippen LogP contribution in [0.25, 0.3) is 0 Å². The maximum atomic E-state index is 12.6. The van der Waals surface area contributed by atoms with Crippen LogP contribution >= 0.6 is 0 Å². The van der Waals surface area contributed by atoms with Crippen LogP contribution in [0, 0.1) is 24.1 Å². The van der Waals surface area contributed by atoms with Crippen molar-refractivity contribution in [3.8, 4) is 12.3 Å². The van der Waals surface area contributed by atoms with E-state index in [4.69, 9.17) is 6.42 Å². The highest BCUT2D eigenvalue weighted by Crippen LogP contribution is 2.23. The molecule has 2 unspecified atom stereocenters. The fourth-order valence-corrected chi connectivity index (χ4v) is 1.20. The van der Waals surface area contributed by atoms with Crippen LogP contribution in [0.4, 0.5) is 4.39 Å². The van der Waals surface area contributed by atoms with Crippen LogP contribution in [0.3, 0.4) is 0 Å². The van der Waals surface area contributed by atoms with Gasteiger partial charge in [0.1, 0.15) is 5.82 Å². The lowest BCUT2D eigenvalue weighted by Crippen LogP contribution is -2.03. The van der Waals surface area contributed by atoms with Gasteiger partial charge in [-0.1, -0.05) is 26.0 Å². The molecule has 13 heavy (non-hydrogen) atoms. The summed E-state index contributed by atoms with van der Waals surface area (Å²) in [5, 5.41) is 0. The van der Waals surface area contributed by atoms with Crippen molar-refractivity contribution in [3.63, 3.8) is 0 Å². The third-order valence-electron chi connectivity index (χ3n) is 2.41. The third-order valence-corrected chi connectivity index (χ3v) is 2.41. The minimum Gasteiger partial charge on any atom is -0.207 e. The molecular weight excluding hydrogens is 163 g/mol. The number of halogens is 1. The van der Waals surface area contributed by atoms with Gasteiger partial charge >= 0.3 is 0 Å². The van der Waals surface area contributed by atoms with Crippen molar-refractivity contribution >= 4 is 0 Å². The van der Waals surface area contributed by atoms with E-state index < -0.39 is 0 Å². The van der Waals surface area contributed by atoms with Gasteiger partial charge in [-0.05, 0) is 23.6 Å². The fraction of sp³-hybridized carbons (Fsp3) is 0.333. The summed E-state index contributed by atoms with van der Waals surface area (Å²) in [7, 11) is 0. The Balaban J connectivity index is 2.84. The van der Waals surface area contributed by atoms with Gasteiger partial charge < -0.3 is 0 Å². The zero-order chi connectivity index (χ0) is 9.84. The third kappa shape index (κ3) is 2.32. The molecule has 0 bridgehead atoms. The molecule has 0 amide bonds. The number of terminal acetylenes is 1. The van der Waals surface area contributed by atoms with Crippen molar-refractivity contribution < 1.29 is 4.39 Å². The molecule has 1 rings (SSSR count). The minimum atomic E-state index is -0.204. The maximum Gasteiger partial charge on any atom is 0.123 e. The Bertz CT molecular complexity index is 305. The summed E-state index contributed by atoms with van der Waals surface area (Å²) < 4.78 is 12.6. The average Bonchev–Trinajstić information content (AvgIpc) is 2.17. The van der Waals surface area contributed by atoms with Crippen LogP contribution in [0.15, 0.2) is 24.3 Å². The average molecular weight is 176 g/mol. The summed E-state index contributed by atoms with van der Waals surface area (Å²) in [6.07, 6.45) is 5.32. The van der Waals surface area contributed by atoms with Gasteiger partial charge in [-0.3, -0.25) is 0 Å². The second-order valence-electron chi connectivity index (χ2n) is 3.30. The first-order valence-electron chi connectivity index (χ1n) is 4.36. The van der Waals surface area contributed by atoms with Gasteiger partial charge in [-0.2, -0.15) is 0 Å². The molecule has 1 heteroatoms. The van der Waals surface area contributed by atoms with Crippen molar-refractivity contribution in [2.24, 2.45) is 5.92 Å². The van der Waals surface area contributed by atoms with Crippen LogP contribution < -0.4 is 0 Å². The highest BCUT2D eigenvalue weighted by atomic mass is 19.1. The van der Waals surface area contributed by atoms with Gasteiger partial charge in [0.25, 0.3) is 0 Å². The van der Waals surface area contributed by atoms with E-state index in [9.17, 15) is 4.39 Å². The van der Waals surface area contributed by atoms with Crippen LogP contribution in [0.1, 0.15) is 25.3 Å². The Morgan fingerprint density at radius 3 is 2.23 bits per heavy atom. The number of rotatable bonds is 2.